The molecule has 0 atom stereocenters. The lowest BCUT2D eigenvalue weighted by Crippen LogP contribution is -2.09. The summed E-state index contributed by atoms with van der Waals surface area (Å²) in [6.07, 6.45) is 0. The van der Waals surface area contributed by atoms with Crippen molar-refractivity contribution in [2.45, 2.75) is 6.92 Å². The minimum Gasteiger partial charge on any atom is -0.478 e. The van der Waals surface area contributed by atoms with Gasteiger partial charge in [-0.25, -0.2) is 9.59 Å². The molecule has 0 aliphatic heterocycles. The van der Waals surface area contributed by atoms with Crippen LogP contribution in [0.3, 0.4) is 0 Å². The first-order valence-electron chi connectivity index (χ1n) is 3.03. The fourth-order valence-electron chi connectivity index (χ4n) is 0.534. The molecule has 0 aromatic carbocycles. The number of rotatable bonds is 3. The van der Waals surface area contributed by atoms with Gasteiger partial charge in [-0.1, -0.05) is 0 Å². The summed E-state index contributed by atoms with van der Waals surface area (Å²) in [5.74, 6) is -2.02. The van der Waals surface area contributed by atoms with Gasteiger partial charge >= 0.3 is 11.9 Å². The number of methoxy groups -OCH3 is 1. The third-order valence-corrected chi connectivity index (χ3v) is 1.21. The lowest BCUT2D eigenvalue weighted by atomic mass is 10.2. The van der Waals surface area contributed by atoms with Crippen LogP contribution in [0.4, 0.5) is 0 Å². The van der Waals surface area contributed by atoms with Gasteiger partial charge in [-0.05, 0) is 13.6 Å². The Kier molecular flexibility index (Phi) is 3.69. The smallest absolute Gasteiger partial charge is 0.357 e. The Morgan fingerprint density at radius 2 is 2.00 bits per heavy atom. The van der Waals surface area contributed by atoms with E-state index >= 15 is 0 Å². The van der Waals surface area contributed by atoms with E-state index < -0.39 is 11.9 Å². The number of ether oxygens (including phenoxy) is 1. The number of hydrogen-bond donors (Lipinski definition) is 1. The average Bonchev–Trinajstić information content (AvgIpc) is 2.05. The summed E-state index contributed by atoms with van der Waals surface area (Å²) in [6.45, 7) is 4.31. The number of aliphatic imine (C=N–C) groups is 1. The van der Waals surface area contributed by atoms with Gasteiger partial charge in [-0.3, -0.25) is 4.99 Å². The maximum atomic E-state index is 10.8. The lowest BCUT2D eigenvalue weighted by molar-refractivity contribution is -0.138. The van der Waals surface area contributed by atoms with Crippen molar-refractivity contribution in [3.05, 3.63) is 11.3 Å². The quantitative estimate of drug-likeness (QED) is 0.374. The van der Waals surface area contributed by atoms with E-state index in [-0.39, 0.29) is 11.3 Å². The van der Waals surface area contributed by atoms with Crippen LogP contribution in [-0.2, 0) is 14.3 Å². The molecule has 0 heterocycles. The molecular weight excluding hydrogens is 162 g/mol. The highest BCUT2D eigenvalue weighted by molar-refractivity contribution is 5.99. The topological polar surface area (TPSA) is 76.0 Å². The van der Waals surface area contributed by atoms with E-state index in [0.717, 1.165) is 7.11 Å². The predicted octanol–water partition coefficient (Wildman–Crippen LogP) is 0.219. The largest absolute Gasteiger partial charge is 0.478 e. The zero-order valence-corrected chi connectivity index (χ0v) is 6.83. The zero-order chi connectivity index (χ0) is 9.72. The Labute approximate surface area is 69.4 Å². The molecule has 5 nitrogen and oxygen atoms in total. The highest BCUT2D eigenvalue weighted by Crippen LogP contribution is 2.06. The minimum atomic E-state index is -1.22. The number of esters is 1. The molecule has 0 unspecified atom stereocenters. The molecule has 0 aromatic rings. The van der Waals surface area contributed by atoms with Gasteiger partial charge in [0.05, 0.1) is 12.7 Å². The Balaban J connectivity index is 4.99. The number of nitrogens with zero attached hydrogens (tertiary/aromatic N) is 1. The van der Waals surface area contributed by atoms with E-state index in [1.54, 1.807) is 0 Å². The van der Waals surface area contributed by atoms with Crippen LogP contribution in [-0.4, -0.2) is 30.9 Å². The van der Waals surface area contributed by atoms with E-state index in [0.29, 0.717) is 0 Å². The molecule has 0 spiro atoms. The van der Waals surface area contributed by atoms with Gasteiger partial charge in [0, 0.05) is 0 Å². The maximum Gasteiger partial charge on any atom is 0.357 e. The third-order valence-electron chi connectivity index (χ3n) is 1.21. The zero-order valence-electron chi connectivity index (χ0n) is 6.83. The average molecular weight is 171 g/mol. The van der Waals surface area contributed by atoms with Crippen LogP contribution in [0, 0.1) is 0 Å². The number of carbonyl (C=O) groups excluding carboxylic acids is 1. The molecule has 0 aliphatic rings. The number of aliphatic carboxylic acids is 1. The standard InChI is InChI=1S/C7H9NO4/c1-4(6(9)10)5(8-2)7(11)12-3/h2H2,1,3H3,(H,9,10). The van der Waals surface area contributed by atoms with Gasteiger partial charge in [-0.15, -0.1) is 0 Å². The van der Waals surface area contributed by atoms with Crippen molar-refractivity contribution >= 4 is 18.7 Å². The van der Waals surface area contributed by atoms with E-state index in [2.05, 4.69) is 16.4 Å². The Morgan fingerprint density at radius 1 is 1.50 bits per heavy atom. The summed E-state index contributed by atoms with van der Waals surface area (Å²) in [7, 11) is 1.14. The maximum absolute atomic E-state index is 10.8. The molecule has 1 N–H and O–H groups in total. The number of carboxylic acids is 1. The minimum absolute atomic E-state index is 0.183. The molecule has 0 aromatic heterocycles. The van der Waals surface area contributed by atoms with Gasteiger partial charge in [-0.2, -0.15) is 0 Å². The fraction of sp³-hybridized carbons (Fsp3) is 0.286. The first-order chi connectivity index (χ1) is 5.54. The van der Waals surface area contributed by atoms with Gasteiger partial charge in [0.2, 0.25) is 0 Å². The van der Waals surface area contributed by atoms with E-state index in [4.69, 9.17) is 5.11 Å². The van der Waals surface area contributed by atoms with Crippen molar-refractivity contribution in [1.29, 1.82) is 0 Å². The van der Waals surface area contributed by atoms with Gasteiger partial charge in [0.15, 0.2) is 5.70 Å². The van der Waals surface area contributed by atoms with Crippen molar-refractivity contribution in [3.63, 3.8) is 0 Å². The molecular formula is C7H9NO4. The molecule has 5 heteroatoms. The Hall–Kier alpha value is -1.65. The highest BCUT2D eigenvalue weighted by Gasteiger charge is 2.15. The summed E-state index contributed by atoms with van der Waals surface area (Å²) in [6, 6.07) is 0. The molecule has 0 fully saturated rings. The fourth-order valence-corrected chi connectivity index (χ4v) is 0.534. The van der Waals surface area contributed by atoms with E-state index in [9.17, 15) is 9.59 Å². The molecule has 0 amide bonds. The molecule has 0 radical (unpaired) electrons. The first kappa shape index (κ1) is 10.3. The normalized spacial score (nSPS) is 11.5. The molecule has 12 heavy (non-hydrogen) atoms. The third kappa shape index (κ3) is 2.19. The Morgan fingerprint density at radius 3 is 2.25 bits per heavy atom. The van der Waals surface area contributed by atoms with Gasteiger partial charge in [0.1, 0.15) is 0 Å². The number of hydrogen-bond acceptors (Lipinski definition) is 4. The van der Waals surface area contributed by atoms with Crippen LogP contribution in [0.2, 0.25) is 0 Å². The summed E-state index contributed by atoms with van der Waals surface area (Å²) < 4.78 is 4.28. The second kappa shape index (κ2) is 4.27. The van der Waals surface area contributed by atoms with Crippen LogP contribution in [0.25, 0.3) is 0 Å². The van der Waals surface area contributed by atoms with Crippen molar-refractivity contribution in [2.75, 3.05) is 7.11 Å². The number of carboxylic acid groups (broad SMARTS) is 1. The van der Waals surface area contributed by atoms with Gasteiger partial charge in [0.25, 0.3) is 0 Å². The lowest BCUT2D eigenvalue weighted by Gasteiger charge is -2.00. The highest BCUT2D eigenvalue weighted by atomic mass is 16.5. The van der Waals surface area contributed by atoms with Crippen molar-refractivity contribution in [3.8, 4) is 0 Å². The van der Waals surface area contributed by atoms with Crippen molar-refractivity contribution < 1.29 is 19.4 Å². The van der Waals surface area contributed by atoms with Crippen LogP contribution in [0.5, 0.6) is 0 Å². The SMILES string of the molecule is C=NC(C(=O)OC)=C(C)C(=O)O. The molecule has 0 saturated heterocycles. The second-order valence-corrected chi connectivity index (χ2v) is 1.93. The van der Waals surface area contributed by atoms with Gasteiger partial charge < -0.3 is 9.84 Å². The molecule has 0 rings (SSSR count). The first-order valence-corrected chi connectivity index (χ1v) is 3.03. The molecule has 0 aliphatic carbocycles. The summed E-state index contributed by atoms with van der Waals surface area (Å²) >= 11 is 0. The monoisotopic (exact) mass is 171 g/mol. The number of carbonyl (C=O) groups is 2. The van der Waals surface area contributed by atoms with Crippen LogP contribution in [0.15, 0.2) is 16.3 Å². The van der Waals surface area contributed by atoms with Crippen LogP contribution < -0.4 is 0 Å². The second-order valence-electron chi connectivity index (χ2n) is 1.93. The van der Waals surface area contributed by atoms with Crippen LogP contribution >= 0.6 is 0 Å². The van der Waals surface area contributed by atoms with E-state index in [1.807, 2.05) is 0 Å². The predicted molar refractivity (Wildman–Crippen MR) is 41.9 cm³/mol. The summed E-state index contributed by atoms with van der Waals surface area (Å²) in [5, 5.41) is 8.47. The van der Waals surface area contributed by atoms with Crippen LogP contribution in [0.1, 0.15) is 6.92 Å². The summed E-state index contributed by atoms with van der Waals surface area (Å²) in [4.78, 5) is 24.4. The molecule has 0 bridgehead atoms. The molecule has 0 saturated carbocycles. The van der Waals surface area contributed by atoms with E-state index in [1.165, 1.54) is 6.92 Å². The summed E-state index contributed by atoms with van der Waals surface area (Å²) in [5.41, 5.74) is -0.457. The molecule has 66 valence electrons. The van der Waals surface area contributed by atoms with Crippen molar-refractivity contribution in [2.24, 2.45) is 4.99 Å². The van der Waals surface area contributed by atoms with Crippen molar-refractivity contribution in [1.82, 2.24) is 0 Å². The Bertz CT molecular complexity index is 254.